The second-order valence-corrected chi connectivity index (χ2v) is 2.00. The Morgan fingerprint density at radius 2 is 1.50 bits per heavy atom. The van der Waals surface area contributed by atoms with Crippen LogP contribution in [-0.4, -0.2) is 12.3 Å². The molecule has 0 N–H and O–H groups in total. The lowest BCUT2D eigenvalue weighted by Gasteiger charge is -2.01. The Labute approximate surface area is 43.7 Å². The molecule has 0 aliphatic heterocycles. The summed E-state index contributed by atoms with van der Waals surface area (Å²) in [6.45, 7) is 0. The molecule has 0 radical (unpaired) electrons. The maximum atomic E-state index is 10.9. The lowest BCUT2D eigenvalue weighted by Crippen LogP contribution is -2.09. The zero-order chi connectivity index (χ0) is 6.78. The molecular formula is C2H2F5P. The average Bonchev–Trinajstić information content (AvgIpc) is 1.21. The van der Waals surface area contributed by atoms with Gasteiger partial charge in [-0.25, -0.2) is 0 Å². The first-order chi connectivity index (χ1) is 3.42. The predicted molar refractivity (Wildman–Crippen MR) is 20.1 cm³/mol. The van der Waals surface area contributed by atoms with Crippen LogP contribution in [0.25, 0.3) is 0 Å². The van der Waals surface area contributed by atoms with Crippen LogP contribution in [0.1, 0.15) is 0 Å². The van der Waals surface area contributed by atoms with E-state index in [9.17, 15) is 21.6 Å². The van der Waals surface area contributed by atoms with Gasteiger partial charge in [-0.05, 0) is 0 Å². The molecule has 0 saturated carbocycles. The molecular weight excluding hydrogens is 150 g/mol. The molecule has 0 nitrogen and oxygen atoms in total. The van der Waals surface area contributed by atoms with Gasteiger partial charge in [0, 0.05) is 0 Å². The van der Waals surface area contributed by atoms with Crippen molar-refractivity contribution in [2.75, 3.05) is 6.16 Å². The third kappa shape index (κ3) is 6.08. The van der Waals surface area contributed by atoms with E-state index in [4.69, 9.17) is 0 Å². The molecule has 0 spiro atoms. The molecule has 0 fully saturated rings. The third-order valence-corrected chi connectivity index (χ3v) is 0.896. The number of hydrogen-bond acceptors (Lipinski definition) is 0. The number of alkyl halides is 3. The van der Waals surface area contributed by atoms with E-state index in [-0.39, 0.29) is 0 Å². The van der Waals surface area contributed by atoms with Crippen LogP contribution in [0.5, 0.6) is 0 Å². The Balaban J connectivity index is 3.39. The van der Waals surface area contributed by atoms with E-state index in [0.29, 0.717) is 0 Å². The monoisotopic (exact) mass is 152 g/mol. The van der Waals surface area contributed by atoms with Gasteiger partial charge in [-0.15, -0.1) is 0 Å². The molecule has 0 atom stereocenters. The standard InChI is InChI=1S/C2H2F5P/c3-2(4,5)1-8(6)7/h1H2. The highest BCUT2D eigenvalue weighted by Gasteiger charge is 2.32. The van der Waals surface area contributed by atoms with Gasteiger partial charge in [0.15, 0.2) is 0 Å². The molecule has 0 unspecified atom stereocenters. The van der Waals surface area contributed by atoms with Crippen molar-refractivity contribution in [3.8, 4) is 0 Å². The fraction of sp³-hybridized carbons (Fsp3) is 1.00. The molecule has 0 aliphatic carbocycles. The highest BCUT2D eigenvalue weighted by atomic mass is 31.2. The Kier molecular flexibility index (Phi) is 2.60. The SMILES string of the molecule is FP(F)CC(F)(F)F. The summed E-state index contributed by atoms with van der Waals surface area (Å²) in [6.07, 6.45) is -6.64. The smallest absolute Gasteiger partial charge is 0.188 e. The molecule has 0 aromatic carbocycles. The van der Waals surface area contributed by atoms with Crippen molar-refractivity contribution < 1.29 is 21.6 Å². The van der Waals surface area contributed by atoms with Crippen LogP contribution < -0.4 is 0 Å². The average molecular weight is 152 g/mol. The summed E-state index contributed by atoms with van der Waals surface area (Å²) in [7, 11) is -3.81. The minimum Gasteiger partial charge on any atom is -0.188 e. The van der Waals surface area contributed by atoms with Crippen LogP contribution in [0.4, 0.5) is 21.6 Å². The number of hydrogen-bond donors (Lipinski definition) is 0. The van der Waals surface area contributed by atoms with Gasteiger partial charge in [-0.2, -0.15) is 21.6 Å². The van der Waals surface area contributed by atoms with Gasteiger partial charge < -0.3 is 0 Å². The van der Waals surface area contributed by atoms with Gasteiger partial charge in [-0.1, -0.05) is 0 Å². The first-order valence-electron chi connectivity index (χ1n) is 1.57. The molecule has 0 aromatic rings. The van der Waals surface area contributed by atoms with Gasteiger partial charge in [0.1, 0.15) is 6.16 Å². The Morgan fingerprint density at radius 1 is 1.12 bits per heavy atom. The molecule has 0 amide bonds. The van der Waals surface area contributed by atoms with E-state index in [1.165, 1.54) is 0 Å². The third-order valence-electron chi connectivity index (χ3n) is 0.299. The number of rotatable bonds is 1. The van der Waals surface area contributed by atoms with Crippen molar-refractivity contribution in [3.63, 3.8) is 0 Å². The molecule has 0 aromatic heterocycles. The second-order valence-electron chi connectivity index (χ2n) is 1.08. The maximum Gasteiger partial charge on any atom is 0.397 e. The zero-order valence-electron chi connectivity index (χ0n) is 3.54. The summed E-state index contributed by atoms with van der Waals surface area (Å²) in [4.78, 5) is 0. The lowest BCUT2D eigenvalue weighted by atomic mass is 10.8. The Bertz CT molecular complexity index is 65.3. The largest absolute Gasteiger partial charge is 0.397 e. The predicted octanol–water partition coefficient (Wildman–Crippen LogP) is 2.80. The molecule has 50 valence electrons. The van der Waals surface area contributed by atoms with Gasteiger partial charge in [-0.3, -0.25) is 0 Å². The van der Waals surface area contributed by atoms with E-state index in [1.54, 1.807) is 0 Å². The maximum absolute atomic E-state index is 10.9. The minimum absolute atomic E-state index is 1.94. The first-order valence-corrected chi connectivity index (χ1v) is 2.88. The van der Waals surface area contributed by atoms with Crippen molar-refractivity contribution >= 4 is 8.54 Å². The lowest BCUT2D eigenvalue weighted by molar-refractivity contribution is -0.107. The van der Waals surface area contributed by atoms with Gasteiger partial charge >= 0.3 is 6.18 Å². The van der Waals surface area contributed by atoms with Crippen molar-refractivity contribution in [3.05, 3.63) is 0 Å². The second kappa shape index (κ2) is 2.58. The van der Waals surface area contributed by atoms with Gasteiger partial charge in [0.05, 0.1) is 0 Å². The van der Waals surface area contributed by atoms with Crippen molar-refractivity contribution in [1.29, 1.82) is 0 Å². The summed E-state index contributed by atoms with van der Waals surface area (Å²) in [6, 6.07) is 0. The van der Waals surface area contributed by atoms with Crippen LogP contribution in [0.2, 0.25) is 0 Å². The zero-order valence-corrected chi connectivity index (χ0v) is 4.44. The normalized spacial score (nSPS) is 12.8. The first kappa shape index (κ1) is 8.08. The molecule has 0 bridgehead atoms. The highest BCUT2D eigenvalue weighted by Crippen LogP contribution is 2.43. The molecule has 8 heavy (non-hydrogen) atoms. The van der Waals surface area contributed by atoms with Crippen molar-refractivity contribution in [2.24, 2.45) is 0 Å². The summed E-state index contributed by atoms with van der Waals surface area (Å²) in [5.41, 5.74) is 0. The summed E-state index contributed by atoms with van der Waals surface area (Å²) >= 11 is 0. The summed E-state index contributed by atoms with van der Waals surface area (Å²) in [5, 5.41) is 0. The highest BCUT2D eigenvalue weighted by molar-refractivity contribution is 7.46. The van der Waals surface area contributed by atoms with E-state index in [1.807, 2.05) is 0 Å². The number of halogens is 5. The quantitative estimate of drug-likeness (QED) is 0.400. The van der Waals surface area contributed by atoms with Crippen molar-refractivity contribution in [1.82, 2.24) is 0 Å². The molecule has 0 rings (SSSR count). The van der Waals surface area contributed by atoms with Crippen LogP contribution in [-0.2, 0) is 0 Å². The Hall–Kier alpha value is 0.0800. The van der Waals surface area contributed by atoms with Gasteiger partial charge in [0.25, 0.3) is 8.54 Å². The van der Waals surface area contributed by atoms with Crippen LogP contribution in [0, 0.1) is 0 Å². The van der Waals surface area contributed by atoms with Crippen molar-refractivity contribution in [2.45, 2.75) is 6.18 Å². The fourth-order valence-electron chi connectivity index (χ4n) is 0.136. The minimum atomic E-state index is -4.70. The van der Waals surface area contributed by atoms with E-state index in [0.717, 1.165) is 0 Å². The van der Waals surface area contributed by atoms with E-state index in [2.05, 4.69) is 0 Å². The molecule has 0 saturated heterocycles. The van der Waals surface area contributed by atoms with Crippen LogP contribution in [0.15, 0.2) is 0 Å². The molecule has 0 aliphatic rings. The summed E-state index contributed by atoms with van der Waals surface area (Å²) < 4.78 is 54.3. The van der Waals surface area contributed by atoms with Crippen LogP contribution >= 0.6 is 8.54 Å². The topological polar surface area (TPSA) is 0 Å². The van der Waals surface area contributed by atoms with Gasteiger partial charge in [0.2, 0.25) is 0 Å². The summed E-state index contributed by atoms with van der Waals surface area (Å²) in [5.74, 6) is 0. The molecule has 0 heterocycles. The molecule has 6 heteroatoms. The van der Waals surface area contributed by atoms with Crippen LogP contribution in [0.3, 0.4) is 0 Å². The Morgan fingerprint density at radius 3 is 1.50 bits per heavy atom. The van der Waals surface area contributed by atoms with E-state index < -0.39 is 20.9 Å². The van der Waals surface area contributed by atoms with E-state index >= 15 is 0 Å². The fourth-order valence-corrected chi connectivity index (χ4v) is 0.407.